The fraction of sp³-hybridized carbons (Fsp3) is 0.385. The third-order valence-electron chi connectivity index (χ3n) is 2.88. The van der Waals surface area contributed by atoms with Gasteiger partial charge in [-0.15, -0.1) is 0 Å². The molecule has 1 aromatic heterocycles. The first-order valence-corrected chi connectivity index (χ1v) is 6.17. The molecule has 0 radical (unpaired) electrons. The number of H-pyrrole nitrogens is 1. The summed E-state index contributed by atoms with van der Waals surface area (Å²) in [6.45, 7) is 2.44. The van der Waals surface area contributed by atoms with Crippen LogP contribution in [0.15, 0.2) is 24.3 Å². The van der Waals surface area contributed by atoms with E-state index in [-0.39, 0.29) is 5.91 Å². The van der Waals surface area contributed by atoms with Gasteiger partial charge in [-0.25, -0.2) is 4.98 Å². The molecule has 0 bridgehead atoms. The van der Waals surface area contributed by atoms with Crippen molar-refractivity contribution >= 4 is 16.9 Å². The van der Waals surface area contributed by atoms with Crippen molar-refractivity contribution in [3.8, 4) is 0 Å². The molecular weight excluding hydrogens is 228 g/mol. The average molecular weight is 246 g/mol. The van der Waals surface area contributed by atoms with Crippen LogP contribution in [0.1, 0.15) is 19.2 Å². The lowest BCUT2D eigenvalue weighted by atomic mass is 10.2. The van der Waals surface area contributed by atoms with Gasteiger partial charge in [0.1, 0.15) is 5.82 Å². The van der Waals surface area contributed by atoms with Gasteiger partial charge in [-0.2, -0.15) is 0 Å². The van der Waals surface area contributed by atoms with E-state index in [2.05, 4.69) is 15.3 Å². The zero-order chi connectivity index (χ0) is 13.0. The Labute approximate surface area is 106 Å². The van der Waals surface area contributed by atoms with E-state index in [1.807, 2.05) is 31.2 Å². The summed E-state index contributed by atoms with van der Waals surface area (Å²) in [5, 5.41) is 2.80. The number of aromatic nitrogens is 2. The zero-order valence-corrected chi connectivity index (χ0v) is 10.4. The van der Waals surface area contributed by atoms with Crippen molar-refractivity contribution in [3.05, 3.63) is 30.1 Å². The summed E-state index contributed by atoms with van der Waals surface area (Å²) >= 11 is 0. The van der Waals surface area contributed by atoms with Crippen molar-refractivity contribution in [3.63, 3.8) is 0 Å². The number of nitrogens with one attached hydrogen (secondary N) is 2. The lowest BCUT2D eigenvalue weighted by Crippen LogP contribution is -2.40. The summed E-state index contributed by atoms with van der Waals surface area (Å²) in [6.07, 6.45) is 1.33. The number of benzene rings is 1. The van der Waals surface area contributed by atoms with E-state index in [0.29, 0.717) is 19.4 Å². The first-order chi connectivity index (χ1) is 8.70. The lowest BCUT2D eigenvalue weighted by molar-refractivity contribution is -0.122. The van der Waals surface area contributed by atoms with Crippen LogP contribution >= 0.6 is 0 Å². The molecule has 96 valence electrons. The van der Waals surface area contributed by atoms with E-state index in [0.717, 1.165) is 16.9 Å². The van der Waals surface area contributed by atoms with E-state index in [9.17, 15) is 4.79 Å². The van der Waals surface area contributed by atoms with Gasteiger partial charge < -0.3 is 16.0 Å². The molecule has 0 saturated carbocycles. The number of carbonyl (C=O) groups is 1. The van der Waals surface area contributed by atoms with Gasteiger partial charge in [0, 0.05) is 13.0 Å². The Morgan fingerprint density at radius 3 is 3.00 bits per heavy atom. The van der Waals surface area contributed by atoms with Crippen molar-refractivity contribution in [2.45, 2.75) is 25.8 Å². The summed E-state index contributed by atoms with van der Waals surface area (Å²) in [5.41, 5.74) is 7.59. The fourth-order valence-electron chi connectivity index (χ4n) is 1.74. The van der Waals surface area contributed by atoms with Crippen molar-refractivity contribution < 1.29 is 4.79 Å². The molecule has 0 fully saturated rings. The lowest BCUT2D eigenvalue weighted by Gasteiger charge is -2.08. The number of rotatable bonds is 5. The second-order valence-corrected chi connectivity index (χ2v) is 4.26. The molecule has 0 aliphatic rings. The third-order valence-corrected chi connectivity index (χ3v) is 2.88. The molecule has 0 unspecified atom stereocenters. The Bertz CT molecular complexity index is 502. The van der Waals surface area contributed by atoms with Crippen molar-refractivity contribution in [1.29, 1.82) is 0 Å². The van der Waals surface area contributed by atoms with Gasteiger partial charge in [-0.05, 0) is 18.6 Å². The van der Waals surface area contributed by atoms with Crippen molar-refractivity contribution in [1.82, 2.24) is 15.3 Å². The molecular formula is C13H18N4O. The van der Waals surface area contributed by atoms with Gasteiger partial charge in [-0.3, -0.25) is 4.79 Å². The quantitative estimate of drug-likeness (QED) is 0.734. The largest absolute Gasteiger partial charge is 0.354 e. The van der Waals surface area contributed by atoms with Crippen LogP contribution in [0.3, 0.4) is 0 Å². The Morgan fingerprint density at radius 2 is 2.28 bits per heavy atom. The Morgan fingerprint density at radius 1 is 1.50 bits per heavy atom. The number of nitrogens with two attached hydrogens (primary N) is 1. The van der Waals surface area contributed by atoms with Gasteiger partial charge in [0.15, 0.2) is 0 Å². The van der Waals surface area contributed by atoms with Crippen molar-refractivity contribution in [2.75, 3.05) is 6.54 Å². The fourth-order valence-corrected chi connectivity index (χ4v) is 1.74. The maximum atomic E-state index is 11.5. The summed E-state index contributed by atoms with van der Waals surface area (Å²) in [5.74, 6) is 0.773. The summed E-state index contributed by atoms with van der Waals surface area (Å²) < 4.78 is 0. The number of aromatic amines is 1. The number of amides is 1. The summed E-state index contributed by atoms with van der Waals surface area (Å²) in [4.78, 5) is 19.1. The molecule has 0 aliphatic carbocycles. The molecule has 5 nitrogen and oxygen atoms in total. The molecule has 0 aliphatic heterocycles. The molecule has 18 heavy (non-hydrogen) atoms. The molecule has 0 spiro atoms. The van der Waals surface area contributed by atoms with E-state index >= 15 is 0 Å². The van der Waals surface area contributed by atoms with Crippen LogP contribution in [0.25, 0.3) is 11.0 Å². The van der Waals surface area contributed by atoms with Crippen LogP contribution in [0, 0.1) is 0 Å². The minimum atomic E-state index is -0.416. The number of para-hydroxylation sites is 2. The van der Waals surface area contributed by atoms with Crippen LogP contribution in [0.2, 0.25) is 0 Å². The Balaban J connectivity index is 1.89. The number of nitrogens with zero attached hydrogens (tertiary/aromatic N) is 1. The maximum Gasteiger partial charge on any atom is 0.236 e. The highest BCUT2D eigenvalue weighted by Crippen LogP contribution is 2.10. The van der Waals surface area contributed by atoms with E-state index in [4.69, 9.17) is 5.73 Å². The van der Waals surface area contributed by atoms with Gasteiger partial charge in [0.05, 0.1) is 17.1 Å². The average Bonchev–Trinajstić information content (AvgIpc) is 2.80. The predicted octanol–water partition coefficient (Wildman–Crippen LogP) is 0.959. The highest BCUT2D eigenvalue weighted by atomic mass is 16.2. The van der Waals surface area contributed by atoms with E-state index in [1.54, 1.807) is 0 Å². The molecule has 1 heterocycles. The first-order valence-electron chi connectivity index (χ1n) is 6.17. The Kier molecular flexibility index (Phi) is 3.94. The second kappa shape index (κ2) is 5.64. The summed E-state index contributed by atoms with van der Waals surface area (Å²) in [6, 6.07) is 7.44. The van der Waals surface area contributed by atoms with Crippen molar-refractivity contribution in [2.24, 2.45) is 5.73 Å². The third kappa shape index (κ3) is 2.87. The first kappa shape index (κ1) is 12.6. The van der Waals surface area contributed by atoms with Crippen LogP contribution in [0.5, 0.6) is 0 Å². The number of hydrogen-bond donors (Lipinski definition) is 3. The van der Waals surface area contributed by atoms with Crippen LogP contribution < -0.4 is 11.1 Å². The number of imidazole rings is 1. The molecule has 1 amide bonds. The highest BCUT2D eigenvalue weighted by Gasteiger charge is 2.10. The minimum absolute atomic E-state index is 0.103. The predicted molar refractivity (Wildman–Crippen MR) is 71.1 cm³/mol. The molecule has 1 aromatic carbocycles. The Hall–Kier alpha value is -1.88. The van der Waals surface area contributed by atoms with Gasteiger partial charge in [0.2, 0.25) is 5.91 Å². The number of hydrogen-bond acceptors (Lipinski definition) is 3. The van der Waals surface area contributed by atoms with Gasteiger partial charge in [-0.1, -0.05) is 19.1 Å². The summed E-state index contributed by atoms with van der Waals surface area (Å²) in [7, 11) is 0. The van der Waals surface area contributed by atoms with Gasteiger partial charge in [0.25, 0.3) is 0 Å². The monoisotopic (exact) mass is 246 g/mol. The standard InChI is InChI=1S/C13H18N4O/c1-2-9(14)13(18)15-8-7-12-16-10-5-3-4-6-11(10)17-12/h3-6,9H,2,7-8,14H2,1H3,(H,15,18)(H,16,17)/t9-/m0/s1. The SMILES string of the molecule is CC[C@H](N)C(=O)NCCc1nc2ccccc2[nH]1. The van der Waals surface area contributed by atoms with Gasteiger partial charge >= 0.3 is 0 Å². The maximum absolute atomic E-state index is 11.5. The normalized spacial score (nSPS) is 12.6. The highest BCUT2D eigenvalue weighted by molar-refractivity contribution is 5.81. The van der Waals surface area contributed by atoms with Crippen LogP contribution in [-0.4, -0.2) is 28.5 Å². The molecule has 1 atom stereocenters. The molecule has 0 saturated heterocycles. The number of carbonyl (C=O) groups excluding carboxylic acids is 1. The van der Waals surface area contributed by atoms with E-state index in [1.165, 1.54) is 0 Å². The second-order valence-electron chi connectivity index (χ2n) is 4.26. The van der Waals surface area contributed by atoms with Crippen LogP contribution in [0.4, 0.5) is 0 Å². The molecule has 4 N–H and O–H groups in total. The van der Waals surface area contributed by atoms with Crippen LogP contribution in [-0.2, 0) is 11.2 Å². The topological polar surface area (TPSA) is 83.8 Å². The zero-order valence-electron chi connectivity index (χ0n) is 10.4. The molecule has 2 rings (SSSR count). The minimum Gasteiger partial charge on any atom is -0.354 e. The molecule has 2 aromatic rings. The molecule has 5 heteroatoms. The number of fused-ring (bicyclic) bond motifs is 1. The van der Waals surface area contributed by atoms with E-state index < -0.39 is 6.04 Å². The smallest absolute Gasteiger partial charge is 0.236 e.